The van der Waals surface area contributed by atoms with E-state index in [1.54, 1.807) is 24.8 Å². The second kappa shape index (κ2) is 63.3. The number of rotatable bonds is 0. The molecule has 6 rings (SSSR count). The minimum Gasteiger partial charge on any atom is -0.663 e. The number of nitrogens with one attached hydrogen (secondary N) is 1. The van der Waals surface area contributed by atoms with Crippen LogP contribution in [0.25, 0.3) is 32.7 Å². The summed E-state index contributed by atoms with van der Waals surface area (Å²) in [4.78, 5) is 28.5. The third-order valence-corrected chi connectivity index (χ3v) is 5.74. The molecule has 0 bridgehead atoms. The van der Waals surface area contributed by atoms with E-state index in [9.17, 15) is 0 Å². The second-order valence-electron chi connectivity index (χ2n) is 7.81. The van der Waals surface area contributed by atoms with Gasteiger partial charge in [0.15, 0.2) is 0 Å². The van der Waals surface area contributed by atoms with Crippen LogP contribution in [0, 0.1) is 48.0 Å². The summed E-state index contributed by atoms with van der Waals surface area (Å²) in [5.41, 5.74) is 11.8. The average Bonchev–Trinajstić information content (AvgIpc) is 3.70. The van der Waals surface area contributed by atoms with E-state index in [-0.39, 0.29) is 211 Å². The molecule has 6 heterocycles. The number of hydrogen-bond acceptors (Lipinski definition) is 5. The molecule has 0 fully saturated rings. The molecule has 5 radical (unpaired) electrons. The number of nitrogens with zero attached hydrogens (tertiary/aromatic N) is 5. The van der Waals surface area contributed by atoms with E-state index in [1.807, 2.05) is 78.9 Å². The number of H-pyrrole nitrogens is 1. The zero-order chi connectivity index (χ0) is 33.8. The maximum absolute atomic E-state index is 5.87. The molecule has 0 aliphatic carbocycles. The molecule has 0 spiro atoms. The Hall–Kier alpha value is 7.34. The Morgan fingerprint density at radius 3 is 1.39 bits per heavy atom. The van der Waals surface area contributed by atoms with Crippen molar-refractivity contribution in [3.05, 3.63) is 110 Å². The Labute approximate surface area is 568 Å². The predicted molar refractivity (Wildman–Crippen MR) is 310 cm³/mol. The summed E-state index contributed by atoms with van der Waals surface area (Å²) in [6, 6.07) is 5.63. The number of alkyl halides is 6. The van der Waals surface area contributed by atoms with E-state index >= 15 is 0 Å². The fraction of sp³-hybridized carbons (Fsp3) is 0.219. The molecule has 0 saturated heterocycles. The summed E-state index contributed by atoms with van der Waals surface area (Å²) >= 11 is 27.3. The van der Waals surface area contributed by atoms with E-state index in [4.69, 9.17) is 28.9 Å². The maximum atomic E-state index is 5.87. The zero-order valence-corrected chi connectivity index (χ0v) is 64.5. The predicted octanol–water partition coefficient (Wildman–Crippen LogP) is 13.8. The van der Waals surface area contributed by atoms with Crippen molar-refractivity contribution in [1.82, 2.24) is 36.1 Å². The van der Waals surface area contributed by atoms with Gasteiger partial charge in [-0.15, -0.1) is 11.0 Å². The van der Waals surface area contributed by atoms with Gasteiger partial charge in [-0.3, -0.25) is 4.93 Å². The largest absolute Gasteiger partial charge is 0.663 e. The van der Waals surface area contributed by atoms with Crippen LogP contribution in [0.4, 0.5) is 5.82 Å². The molecule has 6 aromatic heterocycles. The SMILES string of the molecule is C.CI.Cc1c[n-]c2ccnc(Cl)c12.Cc1c[n-]c2ccnc(N)c12.Cc1c[nH]c2ccnc(Cl)c12.IC(I)I.ICI.N.O.P.P.[CH2-]I.[CH3-].[CH3-].[CH3-].[V].[Y].[Y].[Y].[Y]. The Morgan fingerprint density at radius 2 is 1.04 bits per heavy atom. The van der Waals surface area contributed by atoms with E-state index in [0.29, 0.717) is 16.1 Å². The number of aromatic amines is 1. The van der Waals surface area contributed by atoms with Crippen LogP contribution in [0.15, 0.2) is 55.4 Å². The number of pyridine rings is 3. The van der Waals surface area contributed by atoms with Crippen LogP contribution < -0.4 is 21.9 Å². The number of halogens is 9. The molecule has 6 aromatic rings. The molecule has 0 aliphatic heterocycles. The Bertz CT molecular complexity index is 1500. The molecule has 57 heavy (non-hydrogen) atoms. The molecule has 9 nitrogen and oxygen atoms in total. The van der Waals surface area contributed by atoms with Gasteiger partial charge in [-0.1, -0.05) is 189 Å². The fourth-order valence-corrected chi connectivity index (χ4v) is 4.14. The van der Waals surface area contributed by atoms with Gasteiger partial charge in [0, 0.05) is 185 Å². The van der Waals surface area contributed by atoms with E-state index in [1.165, 1.54) is 2.43 Å². The summed E-state index contributed by atoms with van der Waals surface area (Å²) in [6.07, 6.45) is 10.6. The quantitative estimate of drug-likeness (QED) is 0.0446. The molecular formula is C32H53Cl2I7N8OP2VY4-6. The first-order chi connectivity index (χ1) is 21.0. The number of aromatic nitrogens is 6. The smallest absolute Gasteiger partial charge is 0.138 e. The molecular weight excluding hydrogens is 1940 g/mol. The number of aryl methyl sites for hydroxylation is 3. The second-order valence-corrected chi connectivity index (χ2v) is 23.9. The topological polar surface area (TPSA) is 175 Å². The van der Waals surface area contributed by atoms with Crippen molar-refractivity contribution in [2.24, 2.45) is 0 Å². The molecule has 2 unspecified atom stereocenters. The Kier molecular flexibility index (Phi) is 113. The molecule has 2 atom stereocenters. The molecule has 0 aliphatic rings. The first-order valence-electron chi connectivity index (χ1n) is 11.9. The maximum Gasteiger partial charge on any atom is 0.138 e. The van der Waals surface area contributed by atoms with Crippen molar-refractivity contribution in [2.45, 2.75) is 28.1 Å². The van der Waals surface area contributed by atoms with Gasteiger partial charge in [-0.05, 0) is 42.7 Å². The van der Waals surface area contributed by atoms with Gasteiger partial charge < -0.3 is 77.2 Å². The van der Waals surface area contributed by atoms with Crippen molar-refractivity contribution < 1.29 is 155 Å². The standard InChI is InChI=1S/C8H7ClN2.C8H6ClN2.C8H8N3.CHI3.CH2I2.CH3I.CH2I.CH4.3CH3.H3N.H2O.2H3P.V.4Y/c3*1-5-4-11-6-2-3-10-8(9)7(5)6;2-1(3)4;2-1-3;2*1-2;;;;;;;;;;;;;/h2-4,11H,1H3;2-4H,1H3;2-4H,1H3,(H2,9,10);1H;1H2;1H3;1H2;1H4;4*1H3;1H2;2*1H3;;;;;/q;2*-1;;;;-1;;3*-1;;;;;;;;;. The van der Waals surface area contributed by atoms with Crippen LogP contribution >= 0.6 is 201 Å². The monoisotopic (exact) mass is 1990 g/mol. The molecule has 0 aromatic carbocycles. The molecule has 0 amide bonds. The first-order valence-corrected chi connectivity index (χ1v) is 23.2. The number of nitrogens with two attached hydrogens (primary N) is 1. The van der Waals surface area contributed by atoms with Gasteiger partial charge in [0.05, 0.1) is 7.95 Å². The number of fused-ring (bicyclic) bond motifs is 3. The van der Waals surface area contributed by atoms with Crippen LogP contribution in [0.1, 0.15) is 24.1 Å². The van der Waals surface area contributed by atoms with Crippen molar-refractivity contribution >= 4 is 240 Å². The van der Waals surface area contributed by atoms with Crippen molar-refractivity contribution in [2.75, 3.05) is 13.1 Å². The number of anilines is 1. The van der Waals surface area contributed by atoms with Crippen LogP contribution in [-0.2, 0) is 149 Å². The minimum atomic E-state index is 0. The molecule has 25 heteroatoms. The summed E-state index contributed by atoms with van der Waals surface area (Å²) in [5.74, 6) is 0.567. The molecule has 8 N–H and O–H groups in total. The van der Waals surface area contributed by atoms with Crippen LogP contribution in [-0.4, -0.2) is 32.7 Å². The summed E-state index contributed by atoms with van der Waals surface area (Å²) in [5, 5.41) is 4.08. The number of nitrogen functional groups attached to an aromatic ring is 1. The van der Waals surface area contributed by atoms with E-state index < -0.39 is 0 Å². The minimum absolute atomic E-state index is 0. The van der Waals surface area contributed by atoms with Gasteiger partial charge in [0.1, 0.15) is 16.1 Å². The van der Waals surface area contributed by atoms with Crippen LogP contribution in [0.5, 0.6) is 0 Å². The third kappa shape index (κ3) is 40.9. The normalized spacial score (nSPS) is 7.35. The van der Waals surface area contributed by atoms with Gasteiger partial charge in [-0.25, -0.2) is 15.0 Å². The van der Waals surface area contributed by atoms with Crippen molar-refractivity contribution in [3.63, 3.8) is 0 Å². The summed E-state index contributed by atoms with van der Waals surface area (Å²) < 4.78 is 1.93. The Balaban J connectivity index is -0.0000000327. The van der Waals surface area contributed by atoms with Gasteiger partial charge in [0.2, 0.25) is 0 Å². The zero-order valence-electron chi connectivity index (χ0n) is 32.3. The average molecular weight is 1990 g/mol. The van der Waals surface area contributed by atoms with Gasteiger partial charge in [0.25, 0.3) is 0 Å². The van der Waals surface area contributed by atoms with Crippen LogP contribution in [0.3, 0.4) is 0 Å². The van der Waals surface area contributed by atoms with E-state index in [2.05, 4.69) is 170 Å². The fourth-order valence-electron chi connectivity index (χ4n) is 3.53. The van der Waals surface area contributed by atoms with Crippen LogP contribution in [0.2, 0.25) is 10.3 Å². The molecule has 323 valence electrons. The third-order valence-electron chi connectivity index (χ3n) is 5.17. The van der Waals surface area contributed by atoms with Crippen molar-refractivity contribution in [1.29, 1.82) is 0 Å². The number of hydrogen-bond donors (Lipinski definition) is 3. The van der Waals surface area contributed by atoms with Crippen molar-refractivity contribution in [3.8, 4) is 0 Å². The van der Waals surface area contributed by atoms with E-state index in [0.717, 1.165) is 49.3 Å². The Morgan fingerprint density at radius 1 is 0.719 bits per heavy atom. The summed E-state index contributed by atoms with van der Waals surface area (Å²) in [7, 11) is 0. The first kappa shape index (κ1) is 102. The molecule has 0 saturated carbocycles. The van der Waals surface area contributed by atoms with Gasteiger partial charge in [-0.2, -0.15) is 32.2 Å². The van der Waals surface area contributed by atoms with Gasteiger partial charge >= 0.3 is 0 Å². The summed E-state index contributed by atoms with van der Waals surface area (Å²) in [6.45, 7) is 5.96.